The Morgan fingerprint density at radius 1 is 1.40 bits per heavy atom. The summed E-state index contributed by atoms with van der Waals surface area (Å²) < 4.78 is 5.38. The van der Waals surface area contributed by atoms with E-state index in [0.717, 1.165) is 0 Å². The molecule has 0 aromatic heterocycles. The molecular weight excluding hydrogens is 196 g/mol. The fourth-order valence-electron chi connectivity index (χ4n) is 1.90. The third-order valence-electron chi connectivity index (χ3n) is 3.39. The smallest absolute Gasteiger partial charge is 0.157 e. The Bertz CT molecular complexity index is 205. The predicted octanol–water partition coefficient (Wildman–Crippen LogP) is 0.642. The molecule has 0 aromatic rings. The van der Waals surface area contributed by atoms with Gasteiger partial charge in [-0.05, 0) is 6.42 Å². The summed E-state index contributed by atoms with van der Waals surface area (Å²) in [6.45, 7) is 5.69. The second kappa shape index (κ2) is 4.78. The predicted molar refractivity (Wildman–Crippen MR) is 56.2 cm³/mol. The van der Waals surface area contributed by atoms with Gasteiger partial charge >= 0.3 is 0 Å². The van der Waals surface area contributed by atoms with Gasteiger partial charge in [0, 0.05) is 18.3 Å². The van der Waals surface area contributed by atoms with E-state index in [2.05, 4.69) is 0 Å². The first-order valence-corrected chi connectivity index (χ1v) is 5.57. The standard InChI is InChI=1S/C11H22O4/c1-4-7(12)5-9-11(2,3)8(13)6-10(14)15-9/h7-10,12-14H,4-6H2,1-3H3. The van der Waals surface area contributed by atoms with Crippen molar-refractivity contribution in [1.82, 2.24) is 0 Å². The average molecular weight is 218 g/mol. The molecule has 0 spiro atoms. The third kappa shape index (κ3) is 2.91. The lowest BCUT2D eigenvalue weighted by atomic mass is 9.75. The molecule has 4 atom stereocenters. The molecular formula is C11H22O4. The molecule has 0 aliphatic carbocycles. The first kappa shape index (κ1) is 12.9. The van der Waals surface area contributed by atoms with Crippen molar-refractivity contribution in [2.75, 3.05) is 0 Å². The zero-order chi connectivity index (χ0) is 11.6. The molecule has 1 fully saturated rings. The van der Waals surface area contributed by atoms with Crippen LogP contribution < -0.4 is 0 Å². The molecule has 1 rings (SSSR count). The molecule has 3 N–H and O–H groups in total. The van der Waals surface area contributed by atoms with E-state index >= 15 is 0 Å². The van der Waals surface area contributed by atoms with Crippen molar-refractivity contribution in [2.24, 2.45) is 5.41 Å². The van der Waals surface area contributed by atoms with Gasteiger partial charge in [0.25, 0.3) is 0 Å². The number of ether oxygens (including phenoxy) is 1. The van der Waals surface area contributed by atoms with Gasteiger partial charge in [0.15, 0.2) is 6.29 Å². The molecule has 4 unspecified atom stereocenters. The zero-order valence-electron chi connectivity index (χ0n) is 9.68. The molecule has 1 aliphatic rings. The van der Waals surface area contributed by atoms with Gasteiger partial charge in [-0.2, -0.15) is 0 Å². The van der Waals surface area contributed by atoms with Gasteiger partial charge in [0.2, 0.25) is 0 Å². The summed E-state index contributed by atoms with van der Waals surface area (Å²) in [5, 5.41) is 28.8. The third-order valence-corrected chi connectivity index (χ3v) is 3.39. The number of aliphatic hydroxyl groups is 3. The topological polar surface area (TPSA) is 69.9 Å². The van der Waals surface area contributed by atoms with Gasteiger partial charge in [-0.25, -0.2) is 0 Å². The van der Waals surface area contributed by atoms with Crippen LogP contribution in [0, 0.1) is 5.41 Å². The van der Waals surface area contributed by atoms with Crippen molar-refractivity contribution in [1.29, 1.82) is 0 Å². The Hall–Kier alpha value is -0.160. The number of rotatable bonds is 3. The SMILES string of the molecule is CCC(O)CC1OC(O)CC(O)C1(C)C. The van der Waals surface area contributed by atoms with E-state index < -0.39 is 23.9 Å². The lowest BCUT2D eigenvalue weighted by Crippen LogP contribution is -2.51. The summed E-state index contributed by atoms with van der Waals surface area (Å²) in [7, 11) is 0. The maximum Gasteiger partial charge on any atom is 0.157 e. The normalized spacial score (nSPS) is 37.6. The van der Waals surface area contributed by atoms with Crippen molar-refractivity contribution < 1.29 is 20.1 Å². The maximum atomic E-state index is 9.84. The minimum absolute atomic E-state index is 0.242. The molecule has 15 heavy (non-hydrogen) atoms. The Balaban J connectivity index is 2.66. The van der Waals surface area contributed by atoms with Crippen LogP contribution in [-0.2, 0) is 4.74 Å². The van der Waals surface area contributed by atoms with Crippen LogP contribution in [0.4, 0.5) is 0 Å². The van der Waals surface area contributed by atoms with Crippen molar-refractivity contribution in [3.63, 3.8) is 0 Å². The van der Waals surface area contributed by atoms with Crippen molar-refractivity contribution in [2.45, 2.75) is 64.6 Å². The van der Waals surface area contributed by atoms with E-state index in [9.17, 15) is 15.3 Å². The van der Waals surface area contributed by atoms with Crippen LogP contribution in [0.5, 0.6) is 0 Å². The minimum Gasteiger partial charge on any atom is -0.393 e. The van der Waals surface area contributed by atoms with Crippen LogP contribution in [0.2, 0.25) is 0 Å². The quantitative estimate of drug-likeness (QED) is 0.650. The highest BCUT2D eigenvalue weighted by molar-refractivity contribution is 4.91. The lowest BCUT2D eigenvalue weighted by Gasteiger charge is -2.44. The van der Waals surface area contributed by atoms with E-state index in [1.807, 2.05) is 20.8 Å². The molecule has 1 aliphatic heterocycles. The Labute approximate surface area is 90.9 Å². The summed E-state index contributed by atoms with van der Waals surface area (Å²) in [4.78, 5) is 0. The maximum absolute atomic E-state index is 9.84. The van der Waals surface area contributed by atoms with Gasteiger partial charge in [0.05, 0.1) is 18.3 Å². The molecule has 0 bridgehead atoms. The molecule has 1 heterocycles. The molecule has 0 radical (unpaired) electrons. The molecule has 0 aromatic carbocycles. The summed E-state index contributed by atoms with van der Waals surface area (Å²) in [6.07, 6.45) is -0.888. The first-order valence-electron chi connectivity index (χ1n) is 5.57. The van der Waals surface area contributed by atoms with E-state index in [1.165, 1.54) is 0 Å². The summed E-state index contributed by atoms with van der Waals surface area (Å²) in [5.41, 5.74) is -0.421. The average Bonchev–Trinajstić information content (AvgIpc) is 2.14. The van der Waals surface area contributed by atoms with Crippen molar-refractivity contribution in [3.05, 3.63) is 0 Å². The number of hydrogen-bond donors (Lipinski definition) is 3. The summed E-state index contributed by atoms with van der Waals surface area (Å²) in [5.74, 6) is 0. The zero-order valence-corrected chi connectivity index (χ0v) is 9.68. The van der Waals surface area contributed by atoms with E-state index in [0.29, 0.717) is 12.8 Å². The van der Waals surface area contributed by atoms with Crippen molar-refractivity contribution >= 4 is 0 Å². The molecule has 4 heteroatoms. The van der Waals surface area contributed by atoms with E-state index in [4.69, 9.17) is 4.74 Å². The summed E-state index contributed by atoms with van der Waals surface area (Å²) >= 11 is 0. The molecule has 90 valence electrons. The highest BCUT2D eigenvalue weighted by atomic mass is 16.6. The molecule has 1 saturated heterocycles. The second-order valence-corrected chi connectivity index (χ2v) is 4.95. The van der Waals surface area contributed by atoms with Crippen LogP contribution in [0.15, 0.2) is 0 Å². The fourth-order valence-corrected chi connectivity index (χ4v) is 1.90. The highest BCUT2D eigenvalue weighted by Crippen LogP contribution is 2.38. The Kier molecular flexibility index (Phi) is 4.12. The van der Waals surface area contributed by atoms with Crippen LogP contribution in [-0.4, -0.2) is 39.9 Å². The van der Waals surface area contributed by atoms with Gasteiger partial charge < -0.3 is 20.1 Å². The second-order valence-electron chi connectivity index (χ2n) is 4.95. The highest BCUT2D eigenvalue weighted by Gasteiger charge is 2.44. The lowest BCUT2D eigenvalue weighted by molar-refractivity contribution is -0.245. The molecule has 0 amide bonds. The minimum atomic E-state index is -0.915. The van der Waals surface area contributed by atoms with E-state index in [-0.39, 0.29) is 12.5 Å². The molecule has 0 saturated carbocycles. The van der Waals surface area contributed by atoms with E-state index in [1.54, 1.807) is 0 Å². The monoisotopic (exact) mass is 218 g/mol. The van der Waals surface area contributed by atoms with Crippen molar-refractivity contribution in [3.8, 4) is 0 Å². The Morgan fingerprint density at radius 2 is 2.00 bits per heavy atom. The van der Waals surface area contributed by atoms with Gasteiger partial charge in [-0.1, -0.05) is 20.8 Å². The number of hydrogen-bond acceptors (Lipinski definition) is 4. The van der Waals surface area contributed by atoms with Gasteiger partial charge in [0.1, 0.15) is 0 Å². The molecule has 4 nitrogen and oxygen atoms in total. The van der Waals surface area contributed by atoms with Gasteiger partial charge in [-0.3, -0.25) is 0 Å². The number of aliphatic hydroxyl groups excluding tert-OH is 3. The van der Waals surface area contributed by atoms with Crippen LogP contribution in [0.25, 0.3) is 0 Å². The van der Waals surface area contributed by atoms with Crippen LogP contribution >= 0.6 is 0 Å². The summed E-state index contributed by atoms with van der Waals surface area (Å²) in [6, 6.07) is 0. The fraction of sp³-hybridized carbons (Fsp3) is 1.00. The first-order chi connectivity index (χ1) is 6.87. The largest absolute Gasteiger partial charge is 0.393 e. The van der Waals surface area contributed by atoms with Crippen LogP contribution in [0.1, 0.15) is 40.0 Å². The van der Waals surface area contributed by atoms with Crippen LogP contribution in [0.3, 0.4) is 0 Å². The Morgan fingerprint density at radius 3 is 2.53 bits per heavy atom. The van der Waals surface area contributed by atoms with Gasteiger partial charge in [-0.15, -0.1) is 0 Å².